The normalized spacial score (nSPS) is 13.7. The number of rotatable bonds is 9. The molecule has 1 heterocycles. The maximum Gasteiger partial charge on any atom is 0.329 e. The molecule has 5 amide bonds. The fraction of sp³-hybridized carbons (Fsp3) is 0.143. The van der Waals surface area contributed by atoms with E-state index < -0.39 is 24.4 Å². The number of ether oxygens (including phenoxy) is 2. The third-order valence-electron chi connectivity index (χ3n) is 5.53. The Labute approximate surface area is 233 Å². The van der Waals surface area contributed by atoms with E-state index in [9.17, 15) is 19.2 Å². The van der Waals surface area contributed by atoms with Crippen molar-refractivity contribution >= 4 is 57.1 Å². The van der Waals surface area contributed by atoms with Gasteiger partial charge in [0.1, 0.15) is 12.2 Å². The van der Waals surface area contributed by atoms with Crippen molar-refractivity contribution in [1.29, 1.82) is 0 Å². The highest BCUT2D eigenvalue weighted by Gasteiger charge is 2.35. The van der Waals surface area contributed by atoms with Crippen LogP contribution in [0, 0.1) is 6.92 Å². The molecule has 0 unspecified atom stereocenters. The molecule has 0 atom stereocenters. The van der Waals surface area contributed by atoms with Crippen LogP contribution in [0.3, 0.4) is 0 Å². The third-order valence-corrected chi connectivity index (χ3v) is 6.12. The molecule has 0 bridgehead atoms. The first-order valence-corrected chi connectivity index (χ1v) is 12.6. The molecule has 39 heavy (non-hydrogen) atoms. The highest BCUT2D eigenvalue weighted by atomic mass is 79.9. The highest BCUT2D eigenvalue weighted by molar-refractivity contribution is 9.10. The van der Waals surface area contributed by atoms with Gasteiger partial charge in [0.05, 0.1) is 11.6 Å². The lowest BCUT2D eigenvalue weighted by atomic mass is 10.1. The fourth-order valence-corrected chi connectivity index (χ4v) is 4.34. The van der Waals surface area contributed by atoms with E-state index in [1.807, 2.05) is 19.1 Å². The summed E-state index contributed by atoms with van der Waals surface area (Å²) in [7, 11) is 1.44. The van der Waals surface area contributed by atoms with Crippen LogP contribution >= 0.6 is 15.9 Å². The van der Waals surface area contributed by atoms with E-state index in [-0.39, 0.29) is 18.2 Å². The SMILES string of the molecule is COc1cc(/C=C2/NC(=O)N(CC(=O)Nc3cccc(C)c3)C2=O)cc(Br)c1OCC(=O)Nc1ccccc1. The van der Waals surface area contributed by atoms with Crippen LogP contribution in [-0.2, 0) is 14.4 Å². The number of hydrogen-bond acceptors (Lipinski definition) is 6. The molecule has 0 aliphatic carbocycles. The van der Waals surface area contributed by atoms with Crippen molar-refractivity contribution in [1.82, 2.24) is 10.2 Å². The summed E-state index contributed by atoms with van der Waals surface area (Å²) < 4.78 is 11.6. The van der Waals surface area contributed by atoms with Crippen LogP contribution in [0.5, 0.6) is 11.5 Å². The Morgan fingerprint density at radius 3 is 2.41 bits per heavy atom. The van der Waals surface area contributed by atoms with Crippen LogP contribution in [0.15, 0.2) is 76.9 Å². The van der Waals surface area contributed by atoms with Crippen molar-refractivity contribution in [3.63, 3.8) is 0 Å². The van der Waals surface area contributed by atoms with Gasteiger partial charge in [0.15, 0.2) is 18.1 Å². The van der Waals surface area contributed by atoms with Crippen molar-refractivity contribution in [2.75, 3.05) is 30.9 Å². The summed E-state index contributed by atoms with van der Waals surface area (Å²) >= 11 is 3.41. The van der Waals surface area contributed by atoms with Crippen molar-refractivity contribution in [3.05, 3.63) is 88.0 Å². The molecule has 1 aliphatic rings. The van der Waals surface area contributed by atoms with Crippen LogP contribution in [0.25, 0.3) is 6.08 Å². The van der Waals surface area contributed by atoms with E-state index in [1.54, 1.807) is 54.6 Å². The van der Waals surface area contributed by atoms with E-state index in [1.165, 1.54) is 13.2 Å². The number of amides is 5. The van der Waals surface area contributed by atoms with E-state index in [2.05, 4.69) is 31.9 Å². The average Bonchev–Trinajstić information content (AvgIpc) is 3.15. The van der Waals surface area contributed by atoms with E-state index in [0.717, 1.165) is 10.5 Å². The number of urea groups is 1. The van der Waals surface area contributed by atoms with Crippen molar-refractivity contribution in [3.8, 4) is 11.5 Å². The minimum absolute atomic E-state index is 0.00628. The number of carbonyl (C=O) groups is 4. The monoisotopic (exact) mass is 592 g/mol. The zero-order valence-electron chi connectivity index (χ0n) is 21.1. The Bertz CT molecular complexity index is 1460. The summed E-state index contributed by atoms with van der Waals surface area (Å²) in [6.07, 6.45) is 1.46. The zero-order chi connectivity index (χ0) is 27.9. The summed E-state index contributed by atoms with van der Waals surface area (Å²) in [4.78, 5) is 50.9. The molecule has 0 saturated carbocycles. The Morgan fingerprint density at radius 2 is 1.69 bits per heavy atom. The largest absolute Gasteiger partial charge is 0.493 e. The molecule has 0 spiro atoms. The van der Waals surface area contributed by atoms with Crippen LogP contribution in [0.4, 0.5) is 16.2 Å². The summed E-state index contributed by atoms with van der Waals surface area (Å²) in [6.45, 7) is 1.18. The number of nitrogens with one attached hydrogen (secondary N) is 3. The second-order valence-corrected chi connectivity index (χ2v) is 9.39. The molecule has 1 saturated heterocycles. The average molecular weight is 593 g/mol. The molecule has 10 nitrogen and oxygen atoms in total. The molecule has 0 radical (unpaired) electrons. The Hall–Kier alpha value is -4.64. The molecule has 0 aromatic heterocycles. The Balaban J connectivity index is 1.42. The predicted molar refractivity (Wildman–Crippen MR) is 149 cm³/mol. The van der Waals surface area contributed by atoms with Crippen LogP contribution in [0.2, 0.25) is 0 Å². The van der Waals surface area contributed by atoms with Crippen LogP contribution < -0.4 is 25.4 Å². The van der Waals surface area contributed by atoms with E-state index in [4.69, 9.17) is 9.47 Å². The predicted octanol–water partition coefficient (Wildman–Crippen LogP) is 4.32. The maximum absolute atomic E-state index is 12.9. The lowest BCUT2D eigenvalue weighted by Crippen LogP contribution is -2.38. The molecule has 3 aromatic rings. The first kappa shape index (κ1) is 27.4. The number of para-hydroxylation sites is 1. The second kappa shape index (κ2) is 12.3. The number of hydrogen-bond donors (Lipinski definition) is 3. The van der Waals surface area contributed by atoms with Gasteiger partial charge in [-0.1, -0.05) is 30.3 Å². The number of nitrogens with zero attached hydrogens (tertiary/aromatic N) is 1. The van der Waals surface area contributed by atoms with Crippen LogP contribution in [0.1, 0.15) is 11.1 Å². The van der Waals surface area contributed by atoms with E-state index >= 15 is 0 Å². The van der Waals surface area contributed by atoms with Crippen molar-refractivity contribution in [2.45, 2.75) is 6.92 Å². The van der Waals surface area contributed by atoms with Gasteiger partial charge >= 0.3 is 6.03 Å². The molecule has 4 rings (SSSR count). The summed E-state index contributed by atoms with van der Waals surface area (Å²) in [5.74, 6) is -0.916. The standard InChI is InChI=1S/C28H25BrN4O6/c1-17-7-6-10-20(11-17)31-24(34)15-33-27(36)22(32-28(33)37)13-18-12-21(29)26(23(14-18)38-2)39-16-25(35)30-19-8-4-3-5-9-19/h3-14H,15-16H2,1-2H3,(H,30,35)(H,31,34)(H,32,37)/b22-13+. The van der Waals surface area contributed by atoms with Gasteiger partial charge < -0.3 is 25.4 Å². The maximum atomic E-state index is 12.9. The summed E-state index contributed by atoms with van der Waals surface area (Å²) in [6, 6.07) is 18.7. The molecular weight excluding hydrogens is 568 g/mol. The Morgan fingerprint density at radius 1 is 0.974 bits per heavy atom. The summed E-state index contributed by atoms with van der Waals surface area (Å²) in [5, 5.41) is 7.90. The molecule has 1 fully saturated rings. The molecule has 3 aromatic carbocycles. The molecule has 200 valence electrons. The summed E-state index contributed by atoms with van der Waals surface area (Å²) in [5.41, 5.74) is 2.67. The number of benzene rings is 3. The van der Waals surface area contributed by atoms with Gasteiger partial charge in [-0.25, -0.2) is 9.69 Å². The topological polar surface area (TPSA) is 126 Å². The number of methoxy groups -OCH3 is 1. The fourth-order valence-electron chi connectivity index (χ4n) is 3.77. The van der Waals surface area contributed by atoms with Gasteiger partial charge in [-0.3, -0.25) is 14.4 Å². The van der Waals surface area contributed by atoms with Crippen molar-refractivity contribution in [2.24, 2.45) is 0 Å². The minimum Gasteiger partial charge on any atom is -0.493 e. The zero-order valence-corrected chi connectivity index (χ0v) is 22.7. The van der Waals surface area contributed by atoms with Crippen molar-refractivity contribution < 1.29 is 28.7 Å². The number of carbonyl (C=O) groups excluding carboxylic acids is 4. The lowest BCUT2D eigenvalue weighted by molar-refractivity contribution is -0.127. The Kier molecular flexibility index (Phi) is 8.62. The third kappa shape index (κ3) is 7.02. The number of anilines is 2. The van der Waals surface area contributed by atoms with Gasteiger partial charge in [-0.2, -0.15) is 0 Å². The molecule has 1 aliphatic heterocycles. The van der Waals surface area contributed by atoms with Gasteiger partial charge in [0, 0.05) is 11.4 Å². The lowest BCUT2D eigenvalue weighted by Gasteiger charge is -2.14. The minimum atomic E-state index is -0.707. The number of aryl methyl sites for hydroxylation is 1. The van der Waals surface area contributed by atoms with Gasteiger partial charge in [-0.15, -0.1) is 0 Å². The van der Waals surface area contributed by atoms with Gasteiger partial charge in [0.25, 0.3) is 11.8 Å². The van der Waals surface area contributed by atoms with E-state index in [0.29, 0.717) is 32.9 Å². The number of imide groups is 1. The second-order valence-electron chi connectivity index (χ2n) is 8.53. The first-order chi connectivity index (χ1) is 18.7. The highest BCUT2D eigenvalue weighted by Crippen LogP contribution is 2.37. The molecule has 3 N–H and O–H groups in total. The van der Waals surface area contributed by atoms with Gasteiger partial charge in [0.2, 0.25) is 5.91 Å². The molecular formula is C28H25BrN4O6. The smallest absolute Gasteiger partial charge is 0.329 e. The molecule has 11 heteroatoms. The van der Waals surface area contributed by atoms with Gasteiger partial charge in [-0.05, 0) is 76.5 Å². The first-order valence-electron chi connectivity index (χ1n) is 11.8. The quantitative estimate of drug-likeness (QED) is 0.251. The number of halogens is 1. The van der Waals surface area contributed by atoms with Crippen LogP contribution in [-0.4, -0.2) is 48.9 Å².